The van der Waals surface area contributed by atoms with Crippen molar-refractivity contribution in [1.29, 1.82) is 0 Å². The number of terminal acetylenes is 1. The van der Waals surface area contributed by atoms with Crippen molar-refractivity contribution in [3.63, 3.8) is 0 Å². The van der Waals surface area contributed by atoms with Gasteiger partial charge in [-0.2, -0.15) is 0 Å². The normalized spacial score (nSPS) is 8.73. The van der Waals surface area contributed by atoms with Crippen LogP contribution in [-0.4, -0.2) is 16.5 Å². The van der Waals surface area contributed by atoms with Gasteiger partial charge in [-0.3, -0.25) is 0 Å². The van der Waals surface area contributed by atoms with Gasteiger partial charge in [0.05, 0.1) is 24.0 Å². The lowest BCUT2D eigenvalue weighted by Crippen LogP contribution is -2.02. The van der Waals surface area contributed by atoms with Gasteiger partial charge in [0.2, 0.25) is 5.95 Å². The molecular weight excluding hydrogens is 162 g/mol. The Bertz CT molecular complexity index is 262. The monoisotopic (exact) mass is 167 g/mol. The molecule has 1 aromatic heterocycles. The Morgan fingerprint density at radius 1 is 1.55 bits per heavy atom. The number of nitrogens with zero attached hydrogens (tertiary/aromatic N) is 2. The maximum atomic E-state index is 5.55. The predicted octanol–water partition coefficient (Wildman–Crippen LogP) is 1.18. The number of aromatic nitrogens is 2. The molecule has 0 saturated heterocycles. The minimum absolute atomic E-state index is 0.418. The van der Waals surface area contributed by atoms with E-state index in [-0.39, 0.29) is 0 Å². The third kappa shape index (κ3) is 2.44. The first-order valence-corrected chi connectivity index (χ1v) is 3.35. The number of rotatable bonds is 2. The fraction of sp³-hybridized carbons (Fsp3) is 0.143. The quantitative estimate of drug-likeness (QED) is 0.673. The van der Waals surface area contributed by atoms with Crippen molar-refractivity contribution in [2.24, 2.45) is 0 Å². The summed E-state index contributed by atoms with van der Waals surface area (Å²) in [6.07, 6.45) is 8.03. The van der Waals surface area contributed by atoms with Crippen LogP contribution in [0.3, 0.4) is 0 Å². The summed E-state index contributed by atoms with van der Waals surface area (Å²) >= 11 is 5.55. The molecule has 0 aliphatic heterocycles. The average molecular weight is 168 g/mol. The van der Waals surface area contributed by atoms with Crippen molar-refractivity contribution < 1.29 is 0 Å². The molecule has 1 N–H and O–H groups in total. The Morgan fingerprint density at radius 2 is 2.18 bits per heavy atom. The van der Waals surface area contributed by atoms with E-state index in [1.54, 1.807) is 0 Å². The lowest BCUT2D eigenvalue weighted by atomic mass is 10.6. The fourth-order valence-corrected chi connectivity index (χ4v) is 0.631. The van der Waals surface area contributed by atoms with Gasteiger partial charge < -0.3 is 5.32 Å². The number of halogens is 1. The molecule has 3 nitrogen and oxygen atoms in total. The van der Waals surface area contributed by atoms with Crippen LogP contribution in [0.2, 0.25) is 5.02 Å². The van der Waals surface area contributed by atoms with E-state index in [1.165, 1.54) is 12.4 Å². The Morgan fingerprint density at radius 3 is 2.73 bits per heavy atom. The SMILES string of the molecule is C#CCNc1ncc(Cl)cn1. The predicted molar refractivity (Wildman–Crippen MR) is 44.4 cm³/mol. The van der Waals surface area contributed by atoms with Gasteiger partial charge in [0.15, 0.2) is 0 Å². The van der Waals surface area contributed by atoms with Gasteiger partial charge in [-0.15, -0.1) is 6.42 Å². The first-order chi connectivity index (χ1) is 5.33. The standard InChI is InChI=1S/C7H6ClN3/c1-2-3-9-7-10-4-6(8)5-11-7/h1,4-5H,3H2,(H,9,10,11). The molecule has 11 heavy (non-hydrogen) atoms. The Kier molecular flexibility index (Phi) is 2.70. The second kappa shape index (κ2) is 3.79. The van der Waals surface area contributed by atoms with Gasteiger partial charge in [-0.05, 0) is 0 Å². The van der Waals surface area contributed by atoms with E-state index < -0.39 is 0 Å². The zero-order valence-electron chi connectivity index (χ0n) is 5.71. The molecule has 1 heterocycles. The van der Waals surface area contributed by atoms with E-state index in [0.717, 1.165) is 0 Å². The van der Waals surface area contributed by atoms with Crippen LogP contribution in [0.25, 0.3) is 0 Å². The van der Waals surface area contributed by atoms with Crippen molar-refractivity contribution in [2.75, 3.05) is 11.9 Å². The smallest absolute Gasteiger partial charge is 0.223 e. The molecule has 0 fully saturated rings. The Hall–Kier alpha value is -1.27. The van der Waals surface area contributed by atoms with Crippen molar-refractivity contribution in [1.82, 2.24) is 9.97 Å². The highest BCUT2D eigenvalue weighted by molar-refractivity contribution is 6.30. The molecule has 0 aliphatic rings. The summed E-state index contributed by atoms with van der Waals surface area (Å²) in [5.41, 5.74) is 0. The third-order valence-electron chi connectivity index (χ3n) is 0.969. The van der Waals surface area contributed by atoms with E-state index in [0.29, 0.717) is 17.5 Å². The van der Waals surface area contributed by atoms with Crippen molar-refractivity contribution in [2.45, 2.75) is 0 Å². The molecular formula is C7H6ClN3. The van der Waals surface area contributed by atoms with E-state index in [1.807, 2.05) is 0 Å². The zero-order chi connectivity index (χ0) is 8.10. The molecule has 0 amide bonds. The van der Waals surface area contributed by atoms with Crippen LogP contribution in [0.5, 0.6) is 0 Å². The minimum atomic E-state index is 0.418. The van der Waals surface area contributed by atoms with Crippen LogP contribution in [0.1, 0.15) is 0 Å². The van der Waals surface area contributed by atoms with Gasteiger partial charge in [-0.25, -0.2) is 9.97 Å². The fourth-order valence-electron chi connectivity index (χ4n) is 0.534. The molecule has 0 aromatic carbocycles. The molecule has 0 spiro atoms. The first kappa shape index (κ1) is 7.83. The molecule has 1 rings (SSSR count). The van der Waals surface area contributed by atoms with Crippen LogP contribution in [0.15, 0.2) is 12.4 Å². The van der Waals surface area contributed by atoms with Crippen LogP contribution in [-0.2, 0) is 0 Å². The number of anilines is 1. The lowest BCUT2D eigenvalue weighted by molar-refractivity contribution is 1.13. The Labute approximate surface area is 69.8 Å². The summed E-state index contributed by atoms with van der Waals surface area (Å²) in [6.45, 7) is 0.418. The molecule has 0 saturated carbocycles. The third-order valence-corrected chi connectivity index (χ3v) is 1.16. The van der Waals surface area contributed by atoms with Gasteiger partial charge >= 0.3 is 0 Å². The number of hydrogen-bond acceptors (Lipinski definition) is 3. The van der Waals surface area contributed by atoms with Crippen LogP contribution >= 0.6 is 11.6 Å². The maximum Gasteiger partial charge on any atom is 0.223 e. The van der Waals surface area contributed by atoms with E-state index in [2.05, 4.69) is 21.2 Å². The number of nitrogens with one attached hydrogen (secondary N) is 1. The molecule has 0 aliphatic carbocycles. The average Bonchev–Trinajstić information content (AvgIpc) is 2.04. The van der Waals surface area contributed by atoms with E-state index >= 15 is 0 Å². The van der Waals surface area contributed by atoms with Gasteiger partial charge in [-0.1, -0.05) is 17.5 Å². The summed E-state index contributed by atoms with van der Waals surface area (Å²) in [5, 5.41) is 3.31. The highest BCUT2D eigenvalue weighted by Gasteiger charge is 1.91. The summed E-state index contributed by atoms with van der Waals surface area (Å²) in [7, 11) is 0. The Balaban J connectivity index is 2.60. The van der Waals surface area contributed by atoms with Crippen molar-refractivity contribution >= 4 is 17.5 Å². The summed E-state index contributed by atoms with van der Waals surface area (Å²) < 4.78 is 0. The second-order valence-corrected chi connectivity index (χ2v) is 2.22. The molecule has 0 unspecified atom stereocenters. The minimum Gasteiger partial charge on any atom is -0.343 e. The lowest BCUT2D eigenvalue weighted by Gasteiger charge is -1.97. The first-order valence-electron chi connectivity index (χ1n) is 2.98. The largest absolute Gasteiger partial charge is 0.343 e. The molecule has 1 aromatic rings. The molecule has 0 atom stereocenters. The molecule has 0 radical (unpaired) electrons. The highest BCUT2D eigenvalue weighted by atomic mass is 35.5. The zero-order valence-corrected chi connectivity index (χ0v) is 6.47. The molecule has 56 valence electrons. The van der Waals surface area contributed by atoms with Crippen molar-refractivity contribution in [3.05, 3.63) is 17.4 Å². The van der Waals surface area contributed by atoms with Crippen LogP contribution in [0, 0.1) is 12.3 Å². The van der Waals surface area contributed by atoms with Crippen LogP contribution < -0.4 is 5.32 Å². The molecule has 0 bridgehead atoms. The highest BCUT2D eigenvalue weighted by Crippen LogP contribution is 2.04. The van der Waals surface area contributed by atoms with Gasteiger partial charge in [0.25, 0.3) is 0 Å². The van der Waals surface area contributed by atoms with Gasteiger partial charge in [0, 0.05) is 0 Å². The second-order valence-electron chi connectivity index (χ2n) is 1.78. The maximum absolute atomic E-state index is 5.55. The summed E-state index contributed by atoms with van der Waals surface area (Å²) in [6, 6.07) is 0. The summed E-state index contributed by atoms with van der Waals surface area (Å²) in [5.74, 6) is 2.90. The topological polar surface area (TPSA) is 37.8 Å². The number of hydrogen-bond donors (Lipinski definition) is 1. The van der Waals surface area contributed by atoms with Crippen LogP contribution in [0.4, 0.5) is 5.95 Å². The van der Waals surface area contributed by atoms with Gasteiger partial charge in [0.1, 0.15) is 0 Å². The van der Waals surface area contributed by atoms with E-state index in [4.69, 9.17) is 18.0 Å². The van der Waals surface area contributed by atoms with Crippen molar-refractivity contribution in [3.8, 4) is 12.3 Å². The van der Waals surface area contributed by atoms with E-state index in [9.17, 15) is 0 Å². The summed E-state index contributed by atoms with van der Waals surface area (Å²) in [4.78, 5) is 7.73. The molecule has 4 heteroatoms.